The molecule has 1 aromatic carbocycles. The van der Waals surface area contributed by atoms with Gasteiger partial charge in [0.1, 0.15) is 0 Å². The molecule has 2 aliphatic heterocycles. The number of aromatic nitrogens is 2. The second-order valence-electron chi connectivity index (χ2n) is 10.1. The molecule has 0 atom stereocenters. The number of anilines is 2. The standard InChI is InChI=1S/C27H32F2N6O/c28-26(29)19-31-9-11-32(12-10-31)23-5-3-20(4-6-23)22-17-25-24(7-8-30-35(25)18-22)33-13-15-34(16-14-33)27(36)21-1-2-21/h3-8,17-18,21,26H,1-2,9-16,19H2. The fourth-order valence-electron chi connectivity index (χ4n) is 5.43. The first kappa shape index (κ1) is 23.2. The van der Waals surface area contributed by atoms with Crippen LogP contribution in [0.15, 0.2) is 48.8 Å². The lowest BCUT2D eigenvalue weighted by Crippen LogP contribution is -2.49. The van der Waals surface area contributed by atoms with E-state index in [1.165, 1.54) is 0 Å². The van der Waals surface area contributed by atoms with E-state index in [4.69, 9.17) is 0 Å². The van der Waals surface area contributed by atoms with Crippen LogP contribution in [0.4, 0.5) is 20.2 Å². The fourth-order valence-corrected chi connectivity index (χ4v) is 5.43. The molecule has 3 fully saturated rings. The van der Waals surface area contributed by atoms with Gasteiger partial charge in [0.2, 0.25) is 5.91 Å². The molecule has 0 radical (unpaired) electrons. The Kier molecular flexibility index (Phi) is 6.25. The Morgan fingerprint density at radius 2 is 1.58 bits per heavy atom. The van der Waals surface area contributed by atoms with Crippen molar-refractivity contribution in [2.75, 3.05) is 68.7 Å². The minimum atomic E-state index is -2.27. The van der Waals surface area contributed by atoms with Crippen molar-refractivity contribution in [3.63, 3.8) is 0 Å². The summed E-state index contributed by atoms with van der Waals surface area (Å²) in [4.78, 5) is 20.9. The minimum absolute atomic E-state index is 0.140. The lowest BCUT2D eigenvalue weighted by Gasteiger charge is -2.36. The second kappa shape index (κ2) is 9.69. The molecule has 1 amide bonds. The number of hydrogen-bond acceptors (Lipinski definition) is 5. The zero-order valence-electron chi connectivity index (χ0n) is 20.4. The molecule has 1 saturated carbocycles. The van der Waals surface area contributed by atoms with Gasteiger partial charge < -0.3 is 14.7 Å². The summed E-state index contributed by atoms with van der Waals surface area (Å²) in [5.74, 6) is 0.608. The molecule has 0 unspecified atom stereocenters. The van der Waals surface area contributed by atoms with E-state index in [1.54, 1.807) is 0 Å². The van der Waals surface area contributed by atoms with Crippen molar-refractivity contribution in [3.05, 3.63) is 48.8 Å². The third-order valence-electron chi connectivity index (χ3n) is 7.68. The monoisotopic (exact) mass is 494 g/mol. The molecule has 7 nitrogen and oxygen atoms in total. The summed E-state index contributed by atoms with van der Waals surface area (Å²) in [5.41, 5.74) is 5.55. The zero-order valence-corrected chi connectivity index (χ0v) is 20.4. The Labute approximate surface area is 209 Å². The highest BCUT2D eigenvalue weighted by atomic mass is 19.3. The molecule has 0 bridgehead atoms. The summed E-state index contributed by atoms with van der Waals surface area (Å²) >= 11 is 0. The molecule has 0 spiro atoms. The summed E-state index contributed by atoms with van der Waals surface area (Å²) in [6.45, 7) is 5.91. The average molecular weight is 495 g/mol. The molecule has 1 aliphatic carbocycles. The highest BCUT2D eigenvalue weighted by molar-refractivity contribution is 5.82. The summed E-state index contributed by atoms with van der Waals surface area (Å²) < 4.78 is 27.2. The summed E-state index contributed by atoms with van der Waals surface area (Å²) in [7, 11) is 0. The molecule has 0 N–H and O–H groups in total. The number of carbonyl (C=O) groups is 1. The van der Waals surface area contributed by atoms with Crippen LogP contribution in [0.1, 0.15) is 12.8 Å². The second-order valence-corrected chi connectivity index (χ2v) is 10.1. The molecule has 4 heterocycles. The van der Waals surface area contributed by atoms with Gasteiger partial charge in [-0.3, -0.25) is 9.69 Å². The molecule has 2 saturated heterocycles. The number of rotatable bonds is 6. The lowest BCUT2D eigenvalue weighted by atomic mass is 10.1. The van der Waals surface area contributed by atoms with Crippen molar-refractivity contribution in [1.82, 2.24) is 19.4 Å². The lowest BCUT2D eigenvalue weighted by molar-refractivity contribution is -0.132. The Morgan fingerprint density at radius 1 is 0.889 bits per heavy atom. The largest absolute Gasteiger partial charge is 0.369 e. The Morgan fingerprint density at radius 3 is 2.25 bits per heavy atom. The van der Waals surface area contributed by atoms with E-state index in [0.717, 1.165) is 80.1 Å². The molecular weight excluding hydrogens is 462 g/mol. The molecule has 36 heavy (non-hydrogen) atoms. The van der Waals surface area contributed by atoms with Crippen molar-refractivity contribution in [2.24, 2.45) is 5.92 Å². The Bertz CT molecular complexity index is 1210. The van der Waals surface area contributed by atoms with Crippen LogP contribution in [0, 0.1) is 5.92 Å². The number of piperazine rings is 2. The third kappa shape index (κ3) is 4.76. The Balaban J connectivity index is 1.14. The first-order chi connectivity index (χ1) is 17.5. The van der Waals surface area contributed by atoms with Crippen molar-refractivity contribution >= 4 is 22.8 Å². The van der Waals surface area contributed by atoms with Gasteiger partial charge in [0, 0.05) is 81.9 Å². The number of alkyl halides is 2. The van der Waals surface area contributed by atoms with Crippen LogP contribution < -0.4 is 9.80 Å². The number of nitrogens with zero attached hydrogens (tertiary/aromatic N) is 6. The minimum Gasteiger partial charge on any atom is -0.369 e. The van der Waals surface area contributed by atoms with E-state index >= 15 is 0 Å². The topological polar surface area (TPSA) is 47.3 Å². The van der Waals surface area contributed by atoms with Crippen LogP contribution in [0.3, 0.4) is 0 Å². The highest BCUT2D eigenvalue weighted by Gasteiger charge is 2.34. The first-order valence-electron chi connectivity index (χ1n) is 12.9. The molecule has 3 aromatic rings. The van der Waals surface area contributed by atoms with E-state index < -0.39 is 6.43 Å². The maximum absolute atomic E-state index is 12.6. The number of fused-ring (bicyclic) bond motifs is 1. The first-order valence-corrected chi connectivity index (χ1v) is 12.9. The van der Waals surface area contributed by atoms with Gasteiger partial charge in [-0.25, -0.2) is 13.3 Å². The normalized spacial score (nSPS) is 19.5. The molecular formula is C27H32F2N6O. The van der Waals surface area contributed by atoms with E-state index in [0.29, 0.717) is 19.0 Å². The van der Waals surface area contributed by atoms with Crippen molar-refractivity contribution in [1.29, 1.82) is 0 Å². The number of hydrogen-bond donors (Lipinski definition) is 0. The van der Waals surface area contributed by atoms with Crippen LogP contribution in [-0.4, -0.2) is 90.6 Å². The van der Waals surface area contributed by atoms with Crippen LogP contribution in [-0.2, 0) is 4.79 Å². The number of halogens is 2. The molecule has 9 heteroatoms. The van der Waals surface area contributed by atoms with Gasteiger partial charge in [-0.15, -0.1) is 0 Å². The van der Waals surface area contributed by atoms with Crippen LogP contribution >= 0.6 is 0 Å². The molecule has 3 aliphatic rings. The van der Waals surface area contributed by atoms with Crippen LogP contribution in [0.2, 0.25) is 0 Å². The number of amides is 1. The van der Waals surface area contributed by atoms with Gasteiger partial charge in [0.25, 0.3) is 6.43 Å². The van der Waals surface area contributed by atoms with E-state index in [2.05, 4.69) is 57.5 Å². The zero-order chi connectivity index (χ0) is 24.6. The average Bonchev–Trinajstić information content (AvgIpc) is 3.66. The van der Waals surface area contributed by atoms with E-state index in [-0.39, 0.29) is 12.5 Å². The fraction of sp³-hybridized carbons (Fsp3) is 0.481. The predicted molar refractivity (Wildman–Crippen MR) is 137 cm³/mol. The van der Waals surface area contributed by atoms with Crippen molar-refractivity contribution in [3.8, 4) is 11.1 Å². The number of carbonyl (C=O) groups excluding carboxylic acids is 1. The molecule has 190 valence electrons. The van der Waals surface area contributed by atoms with Crippen molar-refractivity contribution in [2.45, 2.75) is 19.3 Å². The quantitative estimate of drug-likeness (QED) is 0.526. The maximum Gasteiger partial charge on any atom is 0.251 e. The summed E-state index contributed by atoms with van der Waals surface area (Å²) in [5, 5.41) is 4.54. The Hall–Kier alpha value is -3.20. The van der Waals surface area contributed by atoms with E-state index in [9.17, 15) is 13.6 Å². The van der Waals surface area contributed by atoms with Gasteiger partial charge in [0.05, 0.1) is 17.7 Å². The van der Waals surface area contributed by atoms with Gasteiger partial charge in [-0.1, -0.05) is 12.1 Å². The van der Waals surface area contributed by atoms with Gasteiger partial charge in [-0.2, -0.15) is 5.10 Å². The van der Waals surface area contributed by atoms with Gasteiger partial charge >= 0.3 is 0 Å². The third-order valence-corrected chi connectivity index (χ3v) is 7.68. The molecule has 2 aromatic heterocycles. The van der Waals surface area contributed by atoms with Crippen LogP contribution in [0.25, 0.3) is 16.6 Å². The van der Waals surface area contributed by atoms with E-state index in [1.807, 2.05) is 20.5 Å². The summed E-state index contributed by atoms with van der Waals surface area (Å²) in [6.07, 6.45) is 3.73. The smallest absolute Gasteiger partial charge is 0.251 e. The SMILES string of the molecule is O=C(C1CC1)N1CCN(c2ccnn3cc(-c4ccc(N5CCN(CC(F)F)CC5)cc4)cc23)CC1. The van der Waals surface area contributed by atoms with Crippen molar-refractivity contribution < 1.29 is 13.6 Å². The van der Waals surface area contributed by atoms with Crippen LogP contribution in [0.5, 0.6) is 0 Å². The maximum atomic E-state index is 12.6. The summed E-state index contributed by atoms with van der Waals surface area (Å²) in [6, 6.07) is 12.7. The highest BCUT2D eigenvalue weighted by Crippen LogP contribution is 2.33. The predicted octanol–water partition coefficient (Wildman–Crippen LogP) is 3.45. The number of benzene rings is 1. The molecule has 6 rings (SSSR count). The van der Waals surface area contributed by atoms with Gasteiger partial charge in [0.15, 0.2) is 0 Å². The van der Waals surface area contributed by atoms with Gasteiger partial charge in [-0.05, 0) is 42.7 Å².